The number of benzene rings is 2. The van der Waals surface area contributed by atoms with Crippen LogP contribution in [0.1, 0.15) is 23.2 Å². The molecule has 2 aromatic carbocycles. The molecule has 0 unspecified atom stereocenters. The lowest BCUT2D eigenvalue weighted by Gasteiger charge is -2.36. The average molecular weight is 447 g/mol. The number of nitrogens with zero attached hydrogens (tertiary/aromatic N) is 2. The molecule has 2 amide bonds. The summed E-state index contributed by atoms with van der Waals surface area (Å²) in [6.07, 6.45) is 0.959. The first-order chi connectivity index (χ1) is 15.0. The first-order valence-corrected chi connectivity index (χ1v) is 10.9. The second-order valence-corrected chi connectivity index (χ2v) is 7.96. The SMILES string of the molecule is O=C(CCCNC(=O)c1ccc(Cl)cc1)NCCN1CCN(c2ccc(F)cc2)CC1. The monoisotopic (exact) mass is 446 g/mol. The van der Waals surface area contributed by atoms with Crippen molar-refractivity contribution in [2.24, 2.45) is 0 Å². The predicted molar refractivity (Wildman–Crippen MR) is 121 cm³/mol. The number of anilines is 1. The number of rotatable bonds is 9. The van der Waals surface area contributed by atoms with E-state index in [2.05, 4.69) is 20.4 Å². The van der Waals surface area contributed by atoms with E-state index in [9.17, 15) is 14.0 Å². The Labute approximate surface area is 187 Å². The van der Waals surface area contributed by atoms with E-state index in [1.807, 2.05) is 12.1 Å². The number of hydrogen-bond donors (Lipinski definition) is 2. The van der Waals surface area contributed by atoms with Gasteiger partial charge in [0.2, 0.25) is 5.91 Å². The molecule has 0 saturated carbocycles. The number of hydrogen-bond acceptors (Lipinski definition) is 4. The Bertz CT molecular complexity index is 853. The predicted octanol–water partition coefficient (Wildman–Crippen LogP) is 2.93. The third-order valence-corrected chi connectivity index (χ3v) is 5.54. The highest BCUT2D eigenvalue weighted by Gasteiger charge is 2.17. The molecule has 31 heavy (non-hydrogen) atoms. The lowest BCUT2D eigenvalue weighted by atomic mass is 10.2. The molecule has 1 aliphatic heterocycles. The van der Waals surface area contributed by atoms with Gasteiger partial charge in [0, 0.05) is 68.5 Å². The Kier molecular flexibility index (Phi) is 8.67. The van der Waals surface area contributed by atoms with Gasteiger partial charge in [-0.1, -0.05) is 11.6 Å². The van der Waals surface area contributed by atoms with Crippen LogP contribution in [0, 0.1) is 5.82 Å². The summed E-state index contributed by atoms with van der Waals surface area (Å²) in [7, 11) is 0. The number of carbonyl (C=O) groups is 2. The number of amides is 2. The third kappa shape index (κ3) is 7.52. The Balaban J connectivity index is 1.24. The van der Waals surface area contributed by atoms with Gasteiger partial charge >= 0.3 is 0 Å². The second kappa shape index (κ2) is 11.7. The molecule has 2 N–H and O–H groups in total. The number of piperazine rings is 1. The second-order valence-electron chi connectivity index (χ2n) is 7.52. The number of nitrogens with one attached hydrogen (secondary N) is 2. The van der Waals surface area contributed by atoms with Gasteiger partial charge in [-0.05, 0) is 55.0 Å². The Morgan fingerprint density at radius 2 is 1.58 bits per heavy atom. The zero-order valence-electron chi connectivity index (χ0n) is 17.4. The highest BCUT2D eigenvalue weighted by molar-refractivity contribution is 6.30. The van der Waals surface area contributed by atoms with Crippen LogP contribution in [-0.4, -0.2) is 62.5 Å². The van der Waals surface area contributed by atoms with Crippen LogP contribution in [0.15, 0.2) is 48.5 Å². The van der Waals surface area contributed by atoms with Crippen LogP contribution < -0.4 is 15.5 Å². The summed E-state index contributed by atoms with van der Waals surface area (Å²) < 4.78 is 13.1. The smallest absolute Gasteiger partial charge is 0.251 e. The van der Waals surface area contributed by atoms with Crippen LogP contribution in [0.5, 0.6) is 0 Å². The normalized spacial score (nSPS) is 14.3. The van der Waals surface area contributed by atoms with E-state index in [1.54, 1.807) is 24.3 Å². The van der Waals surface area contributed by atoms with E-state index in [4.69, 9.17) is 11.6 Å². The van der Waals surface area contributed by atoms with E-state index in [0.717, 1.165) is 38.4 Å². The Morgan fingerprint density at radius 3 is 2.26 bits per heavy atom. The van der Waals surface area contributed by atoms with Gasteiger partial charge in [-0.25, -0.2) is 4.39 Å². The van der Waals surface area contributed by atoms with Crippen LogP contribution in [0.25, 0.3) is 0 Å². The van der Waals surface area contributed by atoms with Gasteiger partial charge in [-0.2, -0.15) is 0 Å². The number of carbonyl (C=O) groups excluding carboxylic acids is 2. The molecule has 1 heterocycles. The van der Waals surface area contributed by atoms with Crippen molar-refractivity contribution in [2.75, 3.05) is 50.7 Å². The van der Waals surface area contributed by atoms with Crippen LogP contribution in [0.2, 0.25) is 5.02 Å². The highest BCUT2D eigenvalue weighted by atomic mass is 35.5. The van der Waals surface area contributed by atoms with Crippen LogP contribution >= 0.6 is 11.6 Å². The van der Waals surface area contributed by atoms with Crippen molar-refractivity contribution in [3.8, 4) is 0 Å². The zero-order valence-corrected chi connectivity index (χ0v) is 18.2. The van der Waals surface area contributed by atoms with Crippen molar-refractivity contribution in [3.63, 3.8) is 0 Å². The molecule has 0 spiro atoms. The van der Waals surface area contributed by atoms with E-state index >= 15 is 0 Å². The minimum Gasteiger partial charge on any atom is -0.369 e. The van der Waals surface area contributed by atoms with Crippen molar-refractivity contribution < 1.29 is 14.0 Å². The first-order valence-electron chi connectivity index (χ1n) is 10.5. The summed E-state index contributed by atoms with van der Waals surface area (Å²) in [5.74, 6) is -0.399. The van der Waals surface area contributed by atoms with Crippen molar-refractivity contribution >= 4 is 29.1 Å². The van der Waals surface area contributed by atoms with Crippen molar-refractivity contribution in [1.29, 1.82) is 0 Å². The molecule has 0 aliphatic carbocycles. The molecule has 1 saturated heterocycles. The van der Waals surface area contributed by atoms with Gasteiger partial charge in [0.15, 0.2) is 0 Å². The molecule has 0 aromatic heterocycles. The lowest BCUT2D eigenvalue weighted by Crippen LogP contribution is -2.48. The van der Waals surface area contributed by atoms with Gasteiger partial charge in [0.25, 0.3) is 5.91 Å². The molecular weight excluding hydrogens is 419 g/mol. The van der Waals surface area contributed by atoms with Crippen molar-refractivity contribution in [3.05, 3.63) is 64.9 Å². The first kappa shape index (κ1) is 23.0. The van der Waals surface area contributed by atoms with Gasteiger partial charge in [-0.3, -0.25) is 14.5 Å². The molecular formula is C23H28ClFN4O2. The zero-order chi connectivity index (χ0) is 22.1. The molecule has 1 fully saturated rings. The fourth-order valence-electron chi connectivity index (χ4n) is 3.48. The Morgan fingerprint density at radius 1 is 0.903 bits per heavy atom. The van der Waals surface area contributed by atoms with Crippen LogP contribution in [-0.2, 0) is 4.79 Å². The molecule has 166 valence electrons. The quantitative estimate of drug-likeness (QED) is 0.581. The van der Waals surface area contributed by atoms with E-state index in [-0.39, 0.29) is 17.6 Å². The fraction of sp³-hybridized carbons (Fsp3) is 0.391. The summed E-state index contributed by atoms with van der Waals surface area (Å²) in [5.41, 5.74) is 1.59. The van der Waals surface area contributed by atoms with Crippen molar-refractivity contribution in [1.82, 2.24) is 15.5 Å². The lowest BCUT2D eigenvalue weighted by molar-refractivity contribution is -0.121. The van der Waals surface area contributed by atoms with Crippen LogP contribution in [0.3, 0.4) is 0 Å². The summed E-state index contributed by atoms with van der Waals surface area (Å²) in [4.78, 5) is 28.6. The summed E-state index contributed by atoms with van der Waals surface area (Å²) in [6.45, 7) is 5.43. The molecule has 2 aromatic rings. The number of halogens is 2. The molecule has 1 aliphatic rings. The molecule has 0 atom stereocenters. The maximum absolute atomic E-state index is 13.1. The third-order valence-electron chi connectivity index (χ3n) is 5.29. The summed E-state index contributed by atoms with van der Waals surface area (Å²) in [6, 6.07) is 13.3. The van der Waals surface area contributed by atoms with Crippen molar-refractivity contribution in [2.45, 2.75) is 12.8 Å². The maximum Gasteiger partial charge on any atom is 0.251 e. The van der Waals surface area contributed by atoms with E-state index in [0.29, 0.717) is 36.5 Å². The average Bonchev–Trinajstić information content (AvgIpc) is 2.78. The minimum atomic E-state index is -0.220. The minimum absolute atomic E-state index is 0.00862. The summed E-state index contributed by atoms with van der Waals surface area (Å²) >= 11 is 5.81. The maximum atomic E-state index is 13.1. The van der Waals surface area contributed by atoms with E-state index in [1.165, 1.54) is 12.1 Å². The molecule has 3 rings (SSSR count). The molecule has 0 radical (unpaired) electrons. The topological polar surface area (TPSA) is 64.7 Å². The summed E-state index contributed by atoms with van der Waals surface area (Å²) in [5, 5.41) is 6.33. The Hall–Kier alpha value is -2.64. The van der Waals surface area contributed by atoms with Crippen LogP contribution in [0.4, 0.5) is 10.1 Å². The van der Waals surface area contributed by atoms with E-state index < -0.39 is 0 Å². The molecule has 0 bridgehead atoms. The standard InChI is InChI=1S/C23H28ClFN4O2/c24-19-5-3-18(4-6-19)23(31)27-11-1-2-22(30)26-12-13-28-14-16-29(17-15-28)21-9-7-20(25)8-10-21/h3-10H,1-2,11-17H2,(H,26,30)(H,27,31). The highest BCUT2D eigenvalue weighted by Crippen LogP contribution is 2.16. The largest absolute Gasteiger partial charge is 0.369 e. The molecule has 8 heteroatoms. The van der Waals surface area contributed by atoms with Gasteiger partial charge in [-0.15, -0.1) is 0 Å². The van der Waals surface area contributed by atoms with Gasteiger partial charge < -0.3 is 15.5 Å². The molecule has 6 nitrogen and oxygen atoms in total. The van der Waals surface area contributed by atoms with Gasteiger partial charge in [0.05, 0.1) is 0 Å². The fourth-order valence-corrected chi connectivity index (χ4v) is 3.60. The van der Waals surface area contributed by atoms with Gasteiger partial charge in [0.1, 0.15) is 5.82 Å².